The third kappa shape index (κ3) is 14.0. The summed E-state index contributed by atoms with van der Waals surface area (Å²) in [7, 11) is 0. The minimum atomic E-state index is 0.153. The predicted octanol–water partition coefficient (Wildman–Crippen LogP) is 21.4. The zero-order valence-corrected chi connectivity index (χ0v) is 48.0. The average molecular weight is 934 g/mol. The second-order valence-corrected chi connectivity index (χ2v) is 26.9. The quantitative estimate of drug-likeness (QED) is 0.152. The van der Waals surface area contributed by atoms with Gasteiger partial charge in [0.1, 0.15) is 0 Å². The summed E-state index contributed by atoms with van der Waals surface area (Å²) < 4.78 is 0. The van der Waals surface area contributed by atoms with E-state index in [1.807, 2.05) is 0 Å². The third-order valence-corrected chi connectivity index (χ3v) is 13.8. The Morgan fingerprint density at radius 1 is 0.243 bits per heavy atom. The molecule has 0 saturated carbocycles. The molecule has 0 heteroatoms. The normalized spacial score (nSPS) is 12.7. The highest BCUT2D eigenvalue weighted by atomic mass is 14.3. The number of benzene rings is 8. The summed E-state index contributed by atoms with van der Waals surface area (Å²) in [5.41, 5.74) is 12.8. The summed E-state index contributed by atoms with van der Waals surface area (Å²) >= 11 is 0. The number of hydrogen-bond acceptors (Lipinski definition) is 0. The summed E-state index contributed by atoms with van der Waals surface area (Å²) in [6.45, 7) is 50.3. The fourth-order valence-corrected chi connectivity index (χ4v) is 9.35. The highest BCUT2D eigenvalue weighted by molar-refractivity contribution is 6.04. The van der Waals surface area contributed by atoms with Crippen LogP contribution in [0.2, 0.25) is 0 Å². The van der Waals surface area contributed by atoms with E-state index in [4.69, 9.17) is 0 Å². The molecule has 8 aromatic carbocycles. The molecule has 8 aromatic rings. The van der Waals surface area contributed by atoms with Gasteiger partial charge < -0.3 is 0 Å². The van der Waals surface area contributed by atoms with E-state index in [1.165, 1.54) is 87.6 Å². The Labute approximate surface area is 427 Å². The second-order valence-electron chi connectivity index (χ2n) is 26.9. The first-order chi connectivity index (χ1) is 32.2. The molecule has 0 spiro atoms. The second kappa shape index (κ2) is 21.3. The molecule has 372 valence electrons. The van der Waals surface area contributed by atoms with E-state index in [2.05, 4.69) is 298 Å². The lowest BCUT2D eigenvalue weighted by Crippen LogP contribution is -2.20. The largest absolute Gasteiger partial charge is 0.0616 e. The van der Waals surface area contributed by atoms with E-state index in [0.29, 0.717) is 11.8 Å². The van der Waals surface area contributed by atoms with Gasteiger partial charge in [-0.15, -0.1) is 0 Å². The molecule has 0 atom stereocenters. The Hall–Kier alpha value is -5.20. The van der Waals surface area contributed by atoms with Crippen LogP contribution in [0.4, 0.5) is 0 Å². The van der Waals surface area contributed by atoms with Crippen LogP contribution in [0.3, 0.4) is 0 Å². The third-order valence-electron chi connectivity index (χ3n) is 13.8. The molecule has 0 fully saturated rings. The maximum absolute atomic E-state index is 2.38. The maximum Gasteiger partial charge on any atom is -0.0120 e. The van der Waals surface area contributed by atoms with Gasteiger partial charge in [0.15, 0.2) is 0 Å². The first-order valence-electron chi connectivity index (χ1n) is 26.3. The topological polar surface area (TPSA) is 0 Å². The molecule has 0 N–H and O–H groups in total. The summed E-state index contributed by atoms with van der Waals surface area (Å²) in [5, 5.41) is 10.9. The maximum atomic E-state index is 2.38. The van der Waals surface area contributed by atoms with Crippen molar-refractivity contribution in [3.05, 3.63) is 190 Å². The first-order valence-corrected chi connectivity index (χ1v) is 26.3. The molecule has 0 aliphatic heterocycles. The summed E-state index contributed by atoms with van der Waals surface area (Å²) in [5.74, 6) is 1.22. The van der Waals surface area contributed by atoms with Crippen LogP contribution in [-0.4, -0.2) is 0 Å². The molecule has 0 amide bonds. The number of hydrogen-bond donors (Lipinski definition) is 0. The molecule has 70 heavy (non-hydrogen) atoms. The van der Waals surface area contributed by atoms with E-state index >= 15 is 0 Å². The lowest BCUT2D eigenvalue weighted by molar-refractivity contribution is 0.548. The van der Waals surface area contributed by atoms with Crippen LogP contribution in [0.15, 0.2) is 146 Å². The first kappa shape index (κ1) is 55.7. The molecular weight excluding hydrogens is 841 g/mol. The predicted molar refractivity (Wildman–Crippen MR) is 316 cm³/mol. The van der Waals surface area contributed by atoms with Crippen molar-refractivity contribution in [1.29, 1.82) is 0 Å². The molecular formula is C70H92. The van der Waals surface area contributed by atoms with Crippen molar-refractivity contribution in [1.82, 2.24) is 0 Å². The minimum Gasteiger partial charge on any atom is -0.0616 e. The van der Waals surface area contributed by atoms with Gasteiger partial charge >= 0.3 is 0 Å². The van der Waals surface area contributed by atoms with E-state index < -0.39 is 0 Å². The van der Waals surface area contributed by atoms with Crippen molar-refractivity contribution in [2.75, 3.05) is 0 Å². The van der Waals surface area contributed by atoms with Gasteiger partial charge in [-0.3, -0.25) is 0 Å². The molecule has 0 bridgehead atoms. The van der Waals surface area contributed by atoms with Gasteiger partial charge in [0.25, 0.3) is 0 Å². The smallest absolute Gasteiger partial charge is 0.0120 e. The molecule has 0 aliphatic carbocycles. The average Bonchev–Trinajstić information content (AvgIpc) is 3.25. The summed E-state index contributed by atoms with van der Waals surface area (Å²) in [4.78, 5) is 0. The van der Waals surface area contributed by atoms with Gasteiger partial charge in [-0.25, -0.2) is 0 Å². The van der Waals surface area contributed by atoms with Gasteiger partial charge in [0.2, 0.25) is 0 Å². The van der Waals surface area contributed by atoms with Gasteiger partial charge in [0, 0.05) is 0 Å². The SMILES string of the molecule is CC(C)(C)c1c2ccccc2cc2ccccc12.CC(C)(C)c1c2ccccc2cc2ccccc12.CC(C)(C)c1cc(C(C)(C)C)cc(C(C)(C)C)c1.CC(C)c1cc(C(C)C)cc(C(C)(C)C)c1. The molecule has 8 rings (SSSR count). The van der Waals surface area contributed by atoms with E-state index in [9.17, 15) is 0 Å². The lowest BCUT2D eigenvalue weighted by Gasteiger charge is -2.29. The Morgan fingerprint density at radius 3 is 0.657 bits per heavy atom. The van der Waals surface area contributed by atoms with E-state index in [-0.39, 0.29) is 32.5 Å². The molecule has 0 aliphatic rings. The Kier molecular flexibility index (Phi) is 16.9. The van der Waals surface area contributed by atoms with Crippen LogP contribution in [-0.2, 0) is 32.5 Å². The van der Waals surface area contributed by atoms with Crippen molar-refractivity contribution < 1.29 is 0 Å². The van der Waals surface area contributed by atoms with Crippen LogP contribution in [0.1, 0.15) is 209 Å². The highest BCUT2D eigenvalue weighted by Crippen LogP contribution is 2.39. The fraction of sp³-hybridized carbons (Fsp3) is 0.429. The Bertz CT molecular complexity index is 2670. The highest BCUT2D eigenvalue weighted by Gasteiger charge is 2.25. The van der Waals surface area contributed by atoms with Crippen LogP contribution >= 0.6 is 0 Å². The van der Waals surface area contributed by atoms with Crippen LogP contribution in [0.5, 0.6) is 0 Å². The standard InChI is InChI=1S/2C18H18.C18H30.C16H26/c2*1-18(2,3)17-15-10-6-4-8-13(15)12-14-9-5-7-11-16(14)17;1-16(2,3)13-10-14(17(4,5)6)12-15(11-13)18(7,8)9;1-11(2)13-8-14(12(3)4)10-15(9-13)16(5,6)7/h2*4-12H,1-3H3;10-12H,1-9H3;8-12H,1-7H3. The van der Waals surface area contributed by atoms with E-state index in [0.717, 1.165) is 0 Å². The van der Waals surface area contributed by atoms with Crippen LogP contribution < -0.4 is 0 Å². The summed E-state index contributed by atoms with van der Waals surface area (Å²) in [6.07, 6.45) is 0. The van der Waals surface area contributed by atoms with E-state index in [1.54, 1.807) is 0 Å². The zero-order valence-electron chi connectivity index (χ0n) is 48.0. The van der Waals surface area contributed by atoms with Gasteiger partial charge in [-0.2, -0.15) is 0 Å². The van der Waals surface area contributed by atoms with Crippen molar-refractivity contribution in [3.8, 4) is 0 Å². The van der Waals surface area contributed by atoms with Gasteiger partial charge in [-0.1, -0.05) is 286 Å². The monoisotopic (exact) mass is 933 g/mol. The van der Waals surface area contributed by atoms with Gasteiger partial charge in [0.05, 0.1) is 0 Å². The van der Waals surface area contributed by atoms with Crippen LogP contribution in [0, 0.1) is 0 Å². The number of fused-ring (bicyclic) bond motifs is 4. The number of rotatable bonds is 2. The molecule has 0 nitrogen and oxygen atoms in total. The van der Waals surface area contributed by atoms with Crippen LogP contribution in [0.25, 0.3) is 43.1 Å². The summed E-state index contributed by atoms with van der Waals surface area (Å²) in [6, 6.07) is 53.6. The minimum absolute atomic E-state index is 0.153. The molecule has 0 heterocycles. The Morgan fingerprint density at radius 2 is 0.457 bits per heavy atom. The van der Waals surface area contributed by atoms with Crippen molar-refractivity contribution >= 4 is 43.1 Å². The van der Waals surface area contributed by atoms with Gasteiger partial charge in [-0.05, 0) is 144 Å². The van der Waals surface area contributed by atoms with Crippen molar-refractivity contribution in [2.24, 2.45) is 0 Å². The lowest BCUT2D eigenvalue weighted by atomic mass is 9.76. The zero-order chi connectivity index (χ0) is 52.4. The van der Waals surface area contributed by atoms with Crippen molar-refractivity contribution in [2.45, 2.75) is 197 Å². The molecule has 0 radical (unpaired) electrons. The van der Waals surface area contributed by atoms with Crippen molar-refractivity contribution in [3.63, 3.8) is 0 Å². The Balaban J connectivity index is 0.000000174. The molecule has 0 saturated heterocycles. The molecule has 0 unspecified atom stereocenters. The fourth-order valence-electron chi connectivity index (χ4n) is 9.35. The molecule has 0 aromatic heterocycles.